The van der Waals surface area contributed by atoms with Crippen molar-refractivity contribution in [2.75, 3.05) is 25.5 Å². The van der Waals surface area contributed by atoms with Gasteiger partial charge in [-0.05, 0) is 24.8 Å². The summed E-state index contributed by atoms with van der Waals surface area (Å²) >= 11 is 0. The lowest BCUT2D eigenvalue weighted by Gasteiger charge is -2.19. The highest BCUT2D eigenvalue weighted by Crippen LogP contribution is 2.38. The van der Waals surface area contributed by atoms with E-state index in [1.165, 1.54) is 6.07 Å². The molecule has 3 atom stereocenters. The molecule has 1 saturated heterocycles. The fourth-order valence-corrected chi connectivity index (χ4v) is 3.37. The van der Waals surface area contributed by atoms with Gasteiger partial charge in [0.25, 0.3) is 5.91 Å². The molecule has 6 heteroatoms. The quantitative estimate of drug-likeness (QED) is 0.851. The summed E-state index contributed by atoms with van der Waals surface area (Å²) in [4.78, 5) is 18.1. The molecule has 2 aliphatic rings. The summed E-state index contributed by atoms with van der Waals surface area (Å²) in [7, 11) is 1.65. The fourth-order valence-electron chi connectivity index (χ4n) is 3.37. The van der Waals surface area contributed by atoms with Crippen LogP contribution in [-0.4, -0.2) is 47.1 Å². The van der Waals surface area contributed by atoms with Gasteiger partial charge in [0, 0.05) is 26.1 Å². The van der Waals surface area contributed by atoms with E-state index in [4.69, 9.17) is 0 Å². The zero-order chi connectivity index (χ0) is 14.3. The smallest absolute Gasteiger partial charge is 0.257 e. The molecule has 0 bridgehead atoms. The second-order valence-corrected chi connectivity index (χ2v) is 5.58. The van der Waals surface area contributed by atoms with Crippen LogP contribution in [0.1, 0.15) is 23.2 Å². The van der Waals surface area contributed by atoms with Crippen LogP contribution < -0.4 is 5.32 Å². The number of aliphatic hydroxyl groups excluding tert-OH is 1. The molecule has 1 aliphatic heterocycles. The number of carbonyl (C=O) groups excluding carboxylic acids is 1. The van der Waals surface area contributed by atoms with Crippen molar-refractivity contribution in [2.45, 2.75) is 18.9 Å². The van der Waals surface area contributed by atoms with Crippen LogP contribution in [0.2, 0.25) is 0 Å². The average molecular weight is 279 g/mol. The Kier molecular flexibility index (Phi) is 3.33. The summed E-state index contributed by atoms with van der Waals surface area (Å²) in [5, 5.41) is 12.7. The molecule has 1 amide bonds. The van der Waals surface area contributed by atoms with Crippen molar-refractivity contribution in [1.29, 1.82) is 0 Å². The number of halogens is 1. The summed E-state index contributed by atoms with van der Waals surface area (Å²) in [6.07, 6.45) is 2.55. The lowest BCUT2D eigenvalue weighted by molar-refractivity contribution is 0.0752. The number of pyridine rings is 1. The molecule has 2 N–H and O–H groups in total. The number of aromatic nitrogens is 1. The number of rotatable bonds is 2. The van der Waals surface area contributed by atoms with Gasteiger partial charge in [0.1, 0.15) is 11.6 Å². The van der Waals surface area contributed by atoms with Gasteiger partial charge in [-0.15, -0.1) is 0 Å². The first-order valence-corrected chi connectivity index (χ1v) is 6.90. The second kappa shape index (κ2) is 5.01. The highest BCUT2D eigenvalue weighted by Gasteiger charge is 2.43. The Morgan fingerprint density at radius 1 is 1.50 bits per heavy atom. The minimum absolute atomic E-state index is 0.165. The Bertz CT molecular complexity index is 537. The maximum atomic E-state index is 13.3. The predicted molar refractivity (Wildman–Crippen MR) is 71.9 cm³/mol. The monoisotopic (exact) mass is 279 g/mol. The normalized spacial score (nSPS) is 28.6. The molecule has 0 spiro atoms. The van der Waals surface area contributed by atoms with E-state index in [2.05, 4.69) is 10.3 Å². The molecule has 0 aromatic carbocycles. The predicted octanol–water partition coefficient (Wildman–Crippen LogP) is 1.11. The first kappa shape index (κ1) is 13.3. The van der Waals surface area contributed by atoms with E-state index in [9.17, 15) is 14.3 Å². The van der Waals surface area contributed by atoms with E-state index < -0.39 is 5.82 Å². The third-order valence-electron chi connectivity index (χ3n) is 4.43. The van der Waals surface area contributed by atoms with Crippen molar-refractivity contribution >= 4 is 11.7 Å². The van der Waals surface area contributed by atoms with Gasteiger partial charge in [0.15, 0.2) is 0 Å². The topological polar surface area (TPSA) is 65.5 Å². The molecular formula is C14H18FN3O2. The van der Waals surface area contributed by atoms with Crippen molar-refractivity contribution in [3.05, 3.63) is 23.6 Å². The van der Waals surface area contributed by atoms with Crippen LogP contribution in [0, 0.1) is 17.7 Å². The van der Waals surface area contributed by atoms with Crippen LogP contribution in [-0.2, 0) is 0 Å². The van der Waals surface area contributed by atoms with Crippen molar-refractivity contribution in [3.63, 3.8) is 0 Å². The summed E-state index contributed by atoms with van der Waals surface area (Å²) in [5.74, 6) is 0.177. The third kappa shape index (κ3) is 2.14. The van der Waals surface area contributed by atoms with Crippen molar-refractivity contribution in [3.8, 4) is 0 Å². The minimum Gasteiger partial charge on any atom is -0.393 e. The Labute approximate surface area is 116 Å². The number of nitrogens with one attached hydrogen (secondary N) is 1. The molecule has 108 valence electrons. The van der Waals surface area contributed by atoms with Crippen LogP contribution in [0.4, 0.5) is 10.2 Å². The molecular weight excluding hydrogens is 261 g/mol. The summed E-state index contributed by atoms with van der Waals surface area (Å²) in [5.41, 5.74) is 0.252. The van der Waals surface area contributed by atoms with E-state index >= 15 is 0 Å². The summed E-state index contributed by atoms with van der Waals surface area (Å²) in [6.45, 7) is 1.19. The van der Waals surface area contributed by atoms with E-state index in [0.29, 0.717) is 24.8 Å². The number of likely N-dealkylation sites (tertiary alicyclic amines) is 1. The zero-order valence-electron chi connectivity index (χ0n) is 11.3. The number of hydrogen-bond donors (Lipinski definition) is 2. The fraction of sp³-hybridized carbons (Fsp3) is 0.571. The lowest BCUT2D eigenvalue weighted by Crippen LogP contribution is -2.31. The largest absolute Gasteiger partial charge is 0.393 e. The molecule has 1 saturated carbocycles. The summed E-state index contributed by atoms with van der Waals surface area (Å²) < 4.78 is 13.3. The molecule has 1 aliphatic carbocycles. The first-order chi connectivity index (χ1) is 9.60. The van der Waals surface area contributed by atoms with Gasteiger partial charge in [-0.1, -0.05) is 0 Å². The number of hydrogen-bond acceptors (Lipinski definition) is 4. The Hall–Kier alpha value is -1.69. The maximum Gasteiger partial charge on any atom is 0.257 e. The molecule has 2 fully saturated rings. The van der Waals surface area contributed by atoms with Crippen LogP contribution in [0.5, 0.6) is 0 Å². The summed E-state index contributed by atoms with van der Waals surface area (Å²) in [6, 6.07) is 1.21. The highest BCUT2D eigenvalue weighted by atomic mass is 19.1. The molecule has 20 heavy (non-hydrogen) atoms. The van der Waals surface area contributed by atoms with Crippen LogP contribution in [0.15, 0.2) is 12.3 Å². The Balaban J connectivity index is 1.82. The minimum atomic E-state index is -0.522. The van der Waals surface area contributed by atoms with Gasteiger partial charge >= 0.3 is 0 Å². The van der Waals surface area contributed by atoms with Crippen LogP contribution in [0.3, 0.4) is 0 Å². The lowest BCUT2D eigenvalue weighted by atomic mass is 10.00. The van der Waals surface area contributed by atoms with Gasteiger partial charge in [-0.25, -0.2) is 9.37 Å². The van der Waals surface area contributed by atoms with E-state index in [-0.39, 0.29) is 23.5 Å². The second-order valence-electron chi connectivity index (χ2n) is 5.58. The molecule has 1 aromatic rings. The number of nitrogens with zero attached hydrogens (tertiary/aromatic N) is 2. The zero-order valence-corrected chi connectivity index (χ0v) is 11.3. The van der Waals surface area contributed by atoms with Crippen molar-refractivity contribution in [2.24, 2.45) is 11.8 Å². The third-order valence-corrected chi connectivity index (χ3v) is 4.43. The number of aliphatic hydroxyl groups is 1. The van der Waals surface area contributed by atoms with Gasteiger partial charge in [0.05, 0.1) is 17.9 Å². The number of anilines is 1. The highest BCUT2D eigenvalue weighted by molar-refractivity contribution is 5.98. The SMILES string of the molecule is CNc1ncc(F)cc1C(=O)N1CC2CCC(O)C2C1. The molecule has 2 heterocycles. The molecule has 0 radical (unpaired) electrons. The van der Waals surface area contributed by atoms with Gasteiger partial charge in [-0.3, -0.25) is 4.79 Å². The molecule has 3 rings (SSSR count). The Morgan fingerprint density at radius 2 is 2.30 bits per heavy atom. The van der Waals surface area contributed by atoms with Crippen LogP contribution >= 0.6 is 0 Å². The maximum absolute atomic E-state index is 13.3. The first-order valence-electron chi connectivity index (χ1n) is 6.90. The molecule has 1 aromatic heterocycles. The van der Waals surface area contributed by atoms with Crippen LogP contribution in [0.25, 0.3) is 0 Å². The van der Waals surface area contributed by atoms with Crippen molar-refractivity contribution in [1.82, 2.24) is 9.88 Å². The number of carbonyl (C=O) groups is 1. The average Bonchev–Trinajstić information content (AvgIpc) is 3.00. The standard InChI is InChI=1S/C14H18FN3O2/c1-16-13-10(4-9(15)5-17-13)14(20)18-6-8-2-3-12(19)11(8)7-18/h4-5,8,11-12,19H,2-3,6-7H2,1H3,(H,16,17). The number of amides is 1. The Morgan fingerprint density at radius 3 is 3.00 bits per heavy atom. The van der Waals surface area contributed by atoms with E-state index in [1.807, 2.05) is 0 Å². The van der Waals surface area contributed by atoms with E-state index in [0.717, 1.165) is 19.0 Å². The van der Waals surface area contributed by atoms with Crippen molar-refractivity contribution < 1.29 is 14.3 Å². The van der Waals surface area contributed by atoms with Gasteiger partial charge in [-0.2, -0.15) is 0 Å². The number of fused-ring (bicyclic) bond motifs is 1. The molecule has 3 unspecified atom stereocenters. The van der Waals surface area contributed by atoms with Gasteiger partial charge in [0.2, 0.25) is 0 Å². The van der Waals surface area contributed by atoms with Gasteiger partial charge < -0.3 is 15.3 Å². The molecule has 5 nitrogen and oxygen atoms in total. The van der Waals surface area contributed by atoms with E-state index in [1.54, 1.807) is 11.9 Å².